The average molecular weight is 345 g/mol. The zero-order valence-corrected chi connectivity index (χ0v) is 15.4. The summed E-state index contributed by atoms with van der Waals surface area (Å²) in [5.74, 6) is 1.93. The second-order valence-electron chi connectivity index (χ2n) is 7.12. The molecule has 0 spiro atoms. The first-order valence-corrected chi connectivity index (χ1v) is 8.91. The minimum atomic E-state index is -0.195. The summed E-state index contributed by atoms with van der Waals surface area (Å²) in [7, 11) is 1.81. The molecular formula is C17H27N7O. The number of hydrogen-bond donors (Lipinski definition) is 2. The topological polar surface area (TPSA) is 89.7 Å². The van der Waals surface area contributed by atoms with E-state index in [0.717, 1.165) is 44.0 Å². The van der Waals surface area contributed by atoms with Crippen LogP contribution in [0.2, 0.25) is 0 Å². The van der Waals surface area contributed by atoms with Gasteiger partial charge in [0, 0.05) is 25.2 Å². The van der Waals surface area contributed by atoms with Gasteiger partial charge in [-0.15, -0.1) is 0 Å². The van der Waals surface area contributed by atoms with Crippen molar-refractivity contribution < 1.29 is 4.79 Å². The van der Waals surface area contributed by atoms with E-state index in [9.17, 15) is 4.79 Å². The lowest BCUT2D eigenvalue weighted by Crippen LogP contribution is -2.27. The van der Waals surface area contributed by atoms with Crippen molar-refractivity contribution in [2.75, 3.05) is 18.4 Å². The Morgan fingerprint density at radius 1 is 1.40 bits per heavy atom. The number of aryl methyl sites for hydroxylation is 1. The molecule has 1 fully saturated rings. The molecule has 0 aromatic carbocycles. The highest BCUT2D eigenvalue weighted by Gasteiger charge is 2.22. The second kappa shape index (κ2) is 7.35. The average Bonchev–Trinajstić information content (AvgIpc) is 3.12. The van der Waals surface area contributed by atoms with Crippen molar-refractivity contribution in [1.29, 1.82) is 0 Å². The van der Waals surface area contributed by atoms with Gasteiger partial charge in [0.2, 0.25) is 5.95 Å². The molecule has 1 amide bonds. The molecule has 0 atom stereocenters. The van der Waals surface area contributed by atoms with Gasteiger partial charge in [-0.1, -0.05) is 13.8 Å². The molecule has 8 heteroatoms. The number of nitrogens with zero attached hydrogens (tertiary/aromatic N) is 5. The van der Waals surface area contributed by atoms with Gasteiger partial charge in [0.1, 0.15) is 0 Å². The molecule has 1 aliphatic rings. The lowest BCUT2D eigenvalue weighted by molar-refractivity contribution is 0.102. The van der Waals surface area contributed by atoms with Gasteiger partial charge < -0.3 is 5.32 Å². The van der Waals surface area contributed by atoms with E-state index >= 15 is 0 Å². The maximum Gasteiger partial charge on any atom is 0.261 e. The van der Waals surface area contributed by atoms with Gasteiger partial charge in [-0.2, -0.15) is 15.2 Å². The highest BCUT2D eigenvalue weighted by atomic mass is 16.1. The molecule has 25 heavy (non-hydrogen) atoms. The van der Waals surface area contributed by atoms with Crippen molar-refractivity contribution in [2.45, 2.75) is 46.1 Å². The summed E-state index contributed by atoms with van der Waals surface area (Å²) >= 11 is 0. The van der Waals surface area contributed by atoms with Gasteiger partial charge in [0.05, 0.1) is 11.8 Å². The third-order valence-corrected chi connectivity index (χ3v) is 4.59. The summed E-state index contributed by atoms with van der Waals surface area (Å²) in [5, 5.41) is 15.0. The van der Waals surface area contributed by atoms with Crippen LogP contribution in [0.15, 0.2) is 6.20 Å². The van der Waals surface area contributed by atoms with Crippen LogP contribution in [-0.4, -0.2) is 43.5 Å². The van der Waals surface area contributed by atoms with Gasteiger partial charge in [0.25, 0.3) is 5.91 Å². The van der Waals surface area contributed by atoms with Gasteiger partial charge in [-0.05, 0) is 38.8 Å². The van der Waals surface area contributed by atoms with E-state index in [4.69, 9.17) is 0 Å². The number of hydrogen-bond acceptors (Lipinski definition) is 5. The Kier molecular flexibility index (Phi) is 5.17. The summed E-state index contributed by atoms with van der Waals surface area (Å²) in [6.07, 6.45) is 3.67. The molecule has 0 bridgehead atoms. The first-order valence-electron chi connectivity index (χ1n) is 8.91. The number of nitrogens with one attached hydrogen (secondary N) is 2. The Labute approximate surface area is 148 Å². The van der Waals surface area contributed by atoms with Crippen LogP contribution in [0, 0.1) is 12.8 Å². The molecule has 8 nitrogen and oxygen atoms in total. The molecule has 3 rings (SSSR count). The summed E-state index contributed by atoms with van der Waals surface area (Å²) in [6, 6.07) is 0. The van der Waals surface area contributed by atoms with Crippen molar-refractivity contribution in [1.82, 2.24) is 29.9 Å². The van der Waals surface area contributed by atoms with Crippen LogP contribution >= 0.6 is 0 Å². The van der Waals surface area contributed by atoms with E-state index in [1.54, 1.807) is 10.9 Å². The van der Waals surface area contributed by atoms with Crippen molar-refractivity contribution in [2.24, 2.45) is 13.0 Å². The molecule has 0 aliphatic carbocycles. The van der Waals surface area contributed by atoms with Gasteiger partial charge in [-0.3, -0.25) is 14.8 Å². The van der Waals surface area contributed by atoms with E-state index in [1.807, 2.05) is 18.7 Å². The minimum Gasteiger partial charge on any atom is -0.317 e. The van der Waals surface area contributed by atoms with Crippen LogP contribution in [0.5, 0.6) is 0 Å². The Morgan fingerprint density at radius 3 is 2.80 bits per heavy atom. The quantitative estimate of drug-likeness (QED) is 0.861. The first kappa shape index (κ1) is 17.6. The summed E-state index contributed by atoms with van der Waals surface area (Å²) in [6.45, 7) is 8.94. The molecule has 0 radical (unpaired) electrons. The number of carbonyl (C=O) groups is 1. The summed E-state index contributed by atoms with van der Waals surface area (Å²) < 4.78 is 3.51. The number of aromatic nitrogens is 5. The van der Waals surface area contributed by atoms with Crippen LogP contribution in [-0.2, 0) is 13.6 Å². The summed E-state index contributed by atoms with van der Waals surface area (Å²) in [4.78, 5) is 17.2. The highest BCUT2D eigenvalue weighted by Crippen LogP contribution is 2.23. The monoisotopic (exact) mass is 345 g/mol. The number of amides is 1. The van der Waals surface area contributed by atoms with E-state index in [0.29, 0.717) is 23.3 Å². The molecule has 0 unspecified atom stereocenters. The lowest BCUT2D eigenvalue weighted by atomic mass is 9.98. The SMILES string of the molecule is Cc1c(C(=O)Nc2nc(C3CCNCC3)nn2C)cnn1CC(C)C. The fourth-order valence-electron chi connectivity index (χ4n) is 3.13. The lowest BCUT2D eigenvalue weighted by Gasteiger charge is -2.19. The zero-order chi connectivity index (χ0) is 18.0. The third kappa shape index (κ3) is 3.89. The minimum absolute atomic E-state index is 0.195. The maximum absolute atomic E-state index is 12.6. The molecule has 0 saturated carbocycles. The molecule has 1 saturated heterocycles. The number of carbonyl (C=O) groups excluding carboxylic acids is 1. The molecule has 2 aromatic rings. The van der Waals surface area contributed by atoms with Gasteiger partial charge >= 0.3 is 0 Å². The number of rotatable bonds is 5. The van der Waals surface area contributed by atoms with E-state index in [1.165, 1.54) is 0 Å². The highest BCUT2D eigenvalue weighted by molar-refractivity contribution is 6.04. The number of anilines is 1. The summed E-state index contributed by atoms with van der Waals surface area (Å²) in [5.41, 5.74) is 1.44. The normalized spacial score (nSPS) is 15.7. The van der Waals surface area contributed by atoms with Crippen molar-refractivity contribution >= 4 is 11.9 Å². The van der Waals surface area contributed by atoms with E-state index in [-0.39, 0.29) is 5.91 Å². The Morgan fingerprint density at radius 2 is 2.12 bits per heavy atom. The predicted octanol–water partition coefficient (Wildman–Crippen LogP) is 1.70. The first-order chi connectivity index (χ1) is 12.0. The van der Waals surface area contributed by atoms with Crippen LogP contribution in [0.25, 0.3) is 0 Å². The number of piperidine rings is 1. The smallest absolute Gasteiger partial charge is 0.261 e. The van der Waals surface area contributed by atoms with Gasteiger partial charge in [-0.25, -0.2) is 4.68 Å². The molecule has 136 valence electrons. The Hall–Kier alpha value is -2.22. The van der Waals surface area contributed by atoms with Crippen LogP contribution in [0.4, 0.5) is 5.95 Å². The third-order valence-electron chi connectivity index (χ3n) is 4.59. The molecule has 2 N–H and O–H groups in total. The van der Waals surface area contributed by atoms with Gasteiger partial charge in [0.15, 0.2) is 5.82 Å². The fraction of sp³-hybridized carbons (Fsp3) is 0.647. The predicted molar refractivity (Wildman–Crippen MR) is 95.6 cm³/mol. The molecule has 1 aliphatic heterocycles. The fourth-order valence-corrected chi connectivity index (χ4v) is 3.13. The zero-order valence-electron chi connectivity index (χ0n) is 15.4. The molecule has 2 aromatic heterocycles. The van der Waals surface area contributed by atoms with Crippen LogP contribution in [0.1, 0.15) is 54.5 Å². The van der Waals surface area contributed by atoms with E-state index < -0.39 is 0 Å². The molecule has 3 heterocycles. The van der Waals surface area contributed by atoms with E-state index in [2.05, 4.69) is 39.7 Å². The maximum atomic E-state index is 12.6. The standard InChI is InChI=1S/C17H27N7O/c1-11(2)10-24-12(3)14(9-19-24)16(25)21-17-20-15(22-23(17)4)13-5-7-18-8-6-13/h9,11,13,18H,5-8,10H2,1-4H3,(H,20,21,22,25). The Balaban J connectivity index is 1.73. The Bertz CT molecular complexity index is 740. The van der Waals surface area contributed by atoms with Crippen LogP contribution < -0.4 is 10.6 Å². The largest absolute Gasteiger partial charge is 0.317 e. The molecular weight excluding hydrogens is 318 g/mol. The second-order valence-corrected chi connectivity index (χ2v) is 7.12. The van der Waals surface area contributed by atoms with Crippen LogP contribution in [0.3, 0.4) is 0 Å². The van der Waals surface area contributed by atoms with Crippen molar-refractivity contribution in [3.05, 3.63) is 23.3 Å². The van der Waals surface area contributed by atoms with Crippen molar-refractivity contribution in [3.8, 4) is 0 Å². The van der Waals surface area contributed by atoms with Crippen molar-refractivity contribution in [3.63, 3.8) is 0 Å².